The van der Waals surface area contributed by atoms with E-state index in [-0.39, 0.29) is 0 Å². The highest BCUT2D eigenvalue weighted by Crippen LogP contribution is 2.19. The molecule has 0 nitrogen and oxygen atoms in total. The van der Waals surface area contributed by atoms with Crippen molar-refractivity contribution in [2.45, 2.75) is 52.9 Å². The molecule has 0 N–H and O–H groups in total. The lowest BCUT2D eigenvalue weighted by Gasteiger charge is -2.10. The molecule has 78 valence electrons. The van der Waals surface area contributed by atoms with Crippen molar-refractivity contribution in [3.05, 3.63) is 34.9 Å². The second-order valence-electron chi connectivity index (χ2n) is 4.34. The fraction of sp³-hybridized carbons (Fsp3) is 0.571. The molecule has 0 spiro atoms. The van der Waals surface area contributed by atoms with Crippen molar-refractivity contribution in [2.24, 2.45) is 0 Å². The van der Waals surface area contributed by atoms with E-state index in [1.807, 2.05) is 0 Å². The topological polar surface area (TPSA) is 0 Å². The summed E-state index contributed by atoms with van der Waals surface area (Å²) in [6, 6.07) is 7.08. The molecular weight excluding hydrogens is 168 g/mol. The van der Waals surface area contributed by atoms with E-state index in [0.717, 1.165) is 6.42 Å². The van der Waals surface area contributed by atoms with Crippen molar-refractivity contribution in [3.63, 3.8) is 0 Å². The molecule has 0 radical (unpaired) electrons. The van der Waals surface area contributed by atoms with E-state index < -0.39 is 0 Å². The van der Waals surface area contributed by atoms with Crippen LogP contribution in [0.1, 0.15) is 56.7 Å². The summed E-state index contributed by atoms with van der Waals surface area (Å²) in [5.41, 5.74) is 4.49. The van der Waals surface area contributed by atoms with Gasteiger partial charge in [0.1, 0.15) is 0 Å². The van der Waals surface area contributed by atoms with Crippen LogP contribution in [0.4, 0.5) is 0 Å². The third kappa shape index (κ3) is 2.87. The third-order valence-electron chi connectivity index (χ3n) is 2.69. The first-order chi connectivity index (χ1) is 6.67. The Morgan fingerprint density at radius 3 is 2.14 bits per heavy atom. The van der Waals surface area contributed by atoms with E-state index >= 15 is 0 Å². The standard InChI is InChI=1S/C14H22/c1-5-7-13-8-12(6-2)9-14(10-13)11(3)4/h8-11H,5-7H2,1-4H3. The Morgan fingerprint density at radius 1 is 1.00 bits per heavy atom. The SMILES string of the molecule is CCCc1cc(CC)cc(C(C)C)c1. The van der Waals surface area contributed by atoms with Crippen molar-refractivity contribution >= 4 is 0 Å². The van der Waals surface area contributed by atoms with Gasteiger partial charge in [-0.2, -0.15) is 0 Å². The first kappa shape index (κ1) is 11.3. The highest BCUT2D eigenvalue weighted by atomic mass is 14.1. The van der Waals surface area contributed by atoms with E-state index in [4.69, 9.17) is 0 Å². The van der Waals surface area contributed by atoms with Crippen molar-refractivity contribution in [1.82, 2.24) is 0 Å². The van der Waals surface area contributed by atoms with Gasteiger partial charge in [-0.1, -0.05) is 52.3 Å². The van der Waals surface area contributed by atoms with Gasteiger partial charge in [-0.05, 0) is 35.4 Å². The van der Waals surface area contributed by atoms with Gasteiger partial charge >= 0.3 is 0 Å². The molecule has 0 aliphatic heterocycles. The number of aryl methyl sites for hydroxylation is 2. The molecular formula is C14H22. The van der Waals surface area contributed by atoms with E-state index in [2.05, 4.69) is 45.9 Å². The van der Waals surface area contributed by atoms with Gasteiger partial charge in [0, 0.05) is 0 Å². The van der Waals surface area contributed by atoms with Crippen LogP contribution < -0.4 is 0 Å². The molecule has 0 bridgehead atoms. The van der Waals surface area contributed by atoms with Gasteiger partial charge in [-0.3, -0.25) is 0 Å². The summed E-state index contributed by atoms with van der Waals surface area (Å²) in [7, 11) is 0. The Bertz CT molecular complexity index is 284. The maximum Gasteiger partial charge on any atom is -0.0219 e. The number of hydrogen-bond acceptors (Lipinski definition) is 0. The Labute approximate surface area is 88.4 Å². The molecule has 0 unspecified atom stereocenters. The molecule has 0 aliphatic rings. The van der Waals surface area contributed by atoms with Crippen LogP contribution in [0.15, 0.2) is 18.2 Å². The molecule has 0 amide bonds. The summed E-state index contributed by atoms with van der Waals surface area (Å²) in [5.74, 6) is 0.650. The predicted octanol–water partition coefficient (Wildman–Crippen LogP) is 4.32. The largest absolute Gasteiger partial charge is 0.0651 e. The maximum absolute atomic E-state index is 2.37. The molecule has 0 saturated heterocycles. The Hall–Kier alpha value is -0.780. The lowest BCUT2D eigenvalue weighted by atomic mass is 9.95. The van der Waals surface area contributed by atoms with Crippen LogP contribution in [0, 0.1) is 0 Å². The summed E-state index contributed by atoms with van der Waals surface area (Å²) in [5, 5.41) is 0. The molecule has 0 saturated carbocycles. The van der Waals surface area contributed by atoms with E-state index in [1.54, 1.807) is 0 Å². The Balaban J connectivity index is 3.00. The molecule has 0 heterocycles. The van der Waals surface area contributed by atoms with Gasteiger partial charge in [0.25, 0.3) is 0 Å². The minimum absolute atomic E-state index is 0.650. The zero-order valence-electron chi connectivity index (χ0n) is 9.93. The van der Waals surface area contributed by atoms with Crippen LogP contribution in [0.3, 0.4) is 0 Å². The third-order valence-corrected chi connectivity index (χ3v) is 2.69. The molecule has 14 heavy (non-hydrogen) atoms. The number of benzene rings is 1. The van der Waals surface area contributed by atoms with Crippen LogP contribution in [0.5, 0.6) is 0 Å². The lowest BCUT2D eigenvalue weighted by molar-refractivity contribution is 0.848. The summed E-state index contributed by atoms with van der Waals surface area (Å²) in [4.78, 5) is 0. The fourth-order valence-corrected chi connectivity index (χ4v) is 1.76. The summed E-state index contributed by atoms with van der Waals surface area (Å²) in [6.45, 7) is 9.01. The quantitative estimate of drug-likeness (QED) is 0.663. The van der Waals surface area contributed by atoms with Gasteiger partial charge in [-0.25, -0.2) is 0 Å². The van der Waals surface area contributed by atoms with Crippen molar-refractivity contribution in [1.29, 1.82) is 0 Å². The lowest BCUT2D eigenvalue weighted by Crippen LogP contribution is -1.94. The highest BCUT2D eigenvalue weighted by Gasteiger charge is 2.03. The molecule has 0 aromatic heterocycles. The van der Waals surface area contributed by atoms with Gasteiger partial charge in [0.15, 0.2) is 0 Å². The zero-order chi connectivity index (χ0) is 10.6. The monoisotopic (exact) mass is 190 g/mol. The average Bonchev–Trinajstić information content (AvgIpc) is 2.17. The van der Waals surface area contributed by atoms with Crippen molar-refractivity contribution in [3.8, 4) is 0 Å². The van der Waals surface area contributed by atoms with E-state index in [9.17, 15) is 0 Å². The normalized spacial score (nSPS) is 10.9. The summed E-state index contributed by atoms with van der Waals surface area (Å²) >= 11 is 0. The maximum atomic E-state index is 2.37. The van der Waals surface area contributed by atoms with Crippen LogP contribution in [0.2, 0.25) is 0 Å². The Kier molecular flexibility index (Phi) is 4.19. The molecule has 1 aromatic rings. The molecule has 0 fully saturated rings. The molecule has 0 aliphatic carbocycles. The second-order valence-corrected chi connectivity index (χ2v) is 4.34. The van der Waals surface area contributed by atoms with E-state index in [1.165, 1.54) is 29.5 Å². The zero-order valence-corrected chi connectivity index (χ0v) is 9.93. The number of hydrogen-bond donors (Lipinski definition) is 0. The molecule has 0 atom stereocenters. The molecule has 1 rings (SSSR count). The minimum Gasteiger partial charge on any atom is -0.0651 e. The van der Waals surface area contributed by atoms with Crippen molar-refractivity contribution in [2.75, 3.05) is 0 Å². The molecule has 1 aromatic carbocycles. The van der Waals surface area contributed by atoms with Gasteiger partial charge < -0.3 is 0 Å². The fourth-order valence-electron chi connectivity index (χ4n) is 1.76. The van der Waals surface area contributed by atoms with Crippen LogP contribution in [0.25, 0.3) is 0 Å². The summed E-state index contributed by atoms with van der Waals surface area (Å²) in [6.07, 6.45) is 3.61. The first-order valence-electron chi connectivity index (χ1n) is 5.80. The van der Waals surface area contributed by atoms with Crippen LogP contribution >= 0.6 is 0 Å². The first-order valence-corrected chi connectivity index (χ1v) is 5.80. The second kappa shape index (κ2) is 5.19. The van der Waals surface area contributed by atoms with Gasteiger partial charge in [-0.15, -0.1) is 0 Å². The van der Waals surface area contributed by atoms with Gasteiger partial charge in [0.05, 0.1) is 0 Å². The minimum atomic E-state index is 0.650. The van der Waals surface area contributed by atoms with Crippen molar-refractivity contribution < 1.29 is 0 Å². The highest BCUT2D eigenvalue weighted by molar-refractivity contribution is 5.32. The van der Waals surface area contributed by atoms with Crippen LogP contribution in [-0.2, 0) is 12.8 Å². The average molecular weight is 190 g/mol. The van der Waals surface area contributed by atoms with E-state index in [0.29, 0.717) is 5.92 Å². The summed E-state index contributed by atoms with van der Waals surface area (Å²) < 4.78 is 0. The predicted molar refractivity (Wildman–Crippen MR) is 63.9 cm³/mol. The molecule has 0 heteroatoms. The van der Waals surface area contributed by atoms with Gasteiger partial charge in [0.2, 0.25) is 0 Å². The smallest absolute Gasteiger partial charge is 0.0219 e. The number of rotatable bonds is 4. The van der Waals surface area contributed by atoms with Crippen LogP contribution in [-0.4, -0.2) is 0 Å². The Morgan fingerprint density at radius 2 is 1.64 bits per heavy atom.